The van der Waals surface area contributed by atoms with Crippen LogP contribution in [0.1, 0.15) is 24.8 Å². The van der Waals surface area contributed by atoms with E-state index in [2.05, 4.69) is 65.1 Å². The van der Waals surface area contributed by atoms with Crippen LogP contribution in [0.15, 0.2) is 29.3 Å². The second-order valence-corrected chi connectivity index (χ2v) is 6.78. The number of aliphatic imine (C=N–C) groups is 1. The average molecular weight is 464 g/mol. The molecule has 0 aromatic heterocycles. The molecule has 0 unspecified atom stereocenters. The fourth-order valence-electron chi connectivity index (χ4n) is 2.26. The molecule has 1 aromatic rings. The SMILES string of the molecule is CN=C(NCCCCSC)NCCCc1ccc(N(C)C)cc1.I. The molecule has 6 heteroatoms. The Kier molecular flexibility index (Phi) is 14.3. The van der Waals surface area contributed by atoms with Crippen molar-refractivity contribution in [3.63, 3.8) is 0 Å². The molecule has 0 amide bonds. The van der Waals surface area contributed by atoms with Crippen molar-refractivity contribution in [2.45, 2.75) is 25.7 Å². The second kappa shape index (κ2) is 14.7. The van der Waals surface area contributed by atoms with Crippen molar-refractivity contribution >= 4 is 47.4 Å². The number of benzene rings is 1. The quantitative estimate of drug-likeness (QED) is 0.240. The van der Waals surface area contributed by atoms with E-state index in [1.54, 1.807) is 0 Å². The van der Waals surface area contributed by atoms with Crippen LogP contribution in [0.25, 0.3) is 0 Å². The summed E-state index contributed by atoms with van der Waals surface area (Å²) in [6.07, 6.45) is 6.80. The molecule has 0 aliphatic carbocycles. The van der Waals surface area contributed by atoms with Crippen LogP contribution in [0.3, 0.4) is 0 Å². The molecule has 0 aliphatic rings. The molecule has 1 rings (SSSR count). The van der Waals surface area contributed by atoms with E-state index in [-0.39, 0.29) is 24.0 Å². The lowest BCUT2D eigenvalue weighted by Gasteiger charge is -2.13. The largest absolute Gasteiger partial charge is 0.378 e. The second-order valence-electron chi connectivity index (χ2n) is 5.79. The first kappa shape index (κ1) is 23.4. The van der Waals surface area contributed by atoms with E-state index in [1.165, 1.54) is 29.8 Å². The van der Waals surface area contributed by atoms with Gasteiger partial charge >= 0.3 is 0 Å². The number of hydrogen-bond acceptors (Lipinski definition) is 3. The Hall–Kier alpha value is -0.630. The number of halogens is 1. The van der Waals surface area contributed by atoms with Crippen molar-refractivity contribution in [2.24, 2.45) is 4.99 Å². The Morgan fingerprint density at radius 2 is 1.67 bits per heavy atom. The van der Waals surface area contributed by atoms with Crippen molar-refractivity contribution in [2.75, 3.05) is 51.1 Å². The van der Waals surface area contributed by atoms with Gasteiger partial charge in [0.25, 0.3) is 0 Å². The van der Waals surface area contributed by atoms with Crippen LogP contribution in [-0.4, -0.2) is 52.2 Å². The molecule has 4 nitrogen and oxygen atoms in total. The van der Waals surface area contributed by atoms with E-state index in [1.807, 2.05) is 18.8 Å². The normalized spacial score (nSPS) is 10.9. The number of hydrogen-bond donors (Lipinski definition) is 2. The van der Waals surface area contributed by atoms with E-state index in [4.69, 9.17) is 0 Å². The summed E-state index contributed by atoms with van der Waals surface area (Å²) < 4.78 is 0. The minimum atomic E-state index is 0. The van der Waals surface area contributed by atoms with Gasteiger partial charge in [-0.1, -0.05) is 12.1 Å². The average Bonchev–Trinajstić information content (AvgIpc) is 2.57. The van der Waals surface area contributed by atoms with Crippen LogP contribution in [0.5, 0.6) is 0 Å². The summed E-state index contributed by atoms with van der Waals surface area (Å²) in [4.78, 5) is 6.39. The van der Waals surface area contributed by atoms with Gasteiger partial charge in [0, 0.05) is 39.9 Å². The first-order chi connectivity index (χ1) is 11.2. The fourth-order valence-corrected chi connectivity index (χ4v) is 2.75. The lowest BCUT2D eigenvalue weighted by Crippen LogP contribution is -2.38. The van der Waals surface area contributed by atoms with Gasteiger partial charge in [-0.2, -0.15) is 11.8 Å². The van der Waals surface area contributed by atoms with Crippen molar-refractivity contribution in [1.29, 1.82) is 0 Å². The number of nitrogens with one attached hydrogen (secondary N) is 2. The third-order valence-electron chi connectivity index (χ3n) is 3.68. The van der Waals surface area contributed by atoms with Crippen molar-refractivity contribution in [1.82, 2.24) is 10.6 Å². The lowest BCUT2D eigenvalue weighted by atomic mass is 10.1. The predicted molar refractivity (Wildman–Crippen MR) is 121 cm³/mol. The van der Waals surface area contributed by atoms with Gasteiger partial charge in [-0.3, -0.25) is 4.99 Å². The maximum Gasteiger partial charge on any atom is 0.190 e. The smallest absolute Gasteiger partial charge is 0.190 e. The van der Waals surface area contributed by atoms with Gasteiger partial charge < -0.3 is 15.5 Å². The number of rotatable bonds is 10. The molecule has 0 saturated carbocycles. The van der Waals surface area contributed by atoms with Gasteiger partial charge in [0.15, 0.2) is 5.96 Å². The van der Waals surface area contributed by atoms with Crippen LogP contribution in [-0.2, 0) is 6.42 Å². The molecule has 1 aromatic carbocycles. The molecule has 24 heavy (non-hydrogen) atoms. The first-order valence-electron chi connectivity index (χ1n) is 8.37. The van der Waals surface area contributed by atoms with E-state index >= 15 is 0 Å². The van der Waals surface area contributed by atoms with Crippen LogP contribution >= 0.6 is 35.7 Å². The van der Waals surface area contributed by atoms with E-state index < -0.39 is 0 Å². The molecule has 0 radical (unpaired) electrons. The summed E-state index contributed by atoms with van der Waals surface area (Å²) in [5.41, 5.74) is 2.63. The van der Waals surface area contributed by atoms with Crippen LogP contribution < -0.4 is 15.5 Å². The minimum absolute atomic E-state index is 0. The number of unbranched alkanes of at least 4 members (excludes halogenated alkanes) is 1. The lowest BCUT2D eigenvalue weighted by molar-refractivity contribution is 0.713. The monoisotopic (exact) mass is 464 g/mol. The zero-order valence-corrected chi connectivity index (χ0v) is 18.6. The number of aryl methyl sites for hydroxylation is 1. The first-order valence-corrected chi connectivity index (χ1v) is 9.76. The summed E-state index contributed by atoms with van der Waals surface area (Å²) in [6, 6.07) is 8.79. The molecule has 0 heterocycles. The summed E-state index contributed by atoms with van der Waals surface area (Å²) in [6.45, 7) is 1.94. The topological polar surface area (TPSA) is 39.7 Å². The van der Waals surface area contributed by atoms with Crippen LogP contribution in [0.2, 0.25) is 0 Å². The van der Waals surface area contributed by atoms with Gasteiger partial charge in [-0.25, -0.2) is 0 Å². The molecule has 0 bridgehead atoms. The highest BCUT2D eigenvalue weighted by Gasteiger charge is 1.99. The van der Waals surface area contributed by atoms with E-state index in [0.717, 1.165) is 31.9 Å². The maximum absolute atomic E-state index is 4.27. The summed E-state index contributed by atoms with van der Waals surface area (Å²) in [5.74, 6) is 2.15. The molecule has 0 aliphatic heterocycles. The number of guanidine groups is 1. The van der Waals surface area contributed by atoms with Gasteiger partial charge in [0.05, 0.1) is 0 Å². The Morgan fingerprint density at radius 1 is 1.04 bits per heavy atom. The van der Waals surface area contributed by atoms with E-state index in [9.17, 15) is 0 Å². The molecule has 0 spiro atoms. The molecular weight excluding hydrogens is 431 g/mol. The third-order valence-corrected chi connectivity index (χ3v) is 4.38. The zero-order valence-electron chi connectivity index (χ0n) is 15.5. The Morgan fingerprint density at radius 3 is 2.21 bits per heavy atom. The minimum Gasteiger partial charge on any atom is -0.378 e. The standard InChI is InChI=1S/C18H32N4S.HI/c1-19-18(20-13-5-6-15-23-4)21-14-7-8-16-9-11-17(12-10-16)22(2)3;/h9-12H,5-8,13-15H2,1-4H3,(H2,19,20,21);1H. The Balaban J connectivity index is 0.00000529. The van der Waals surface area contributed by atoms with Crippen molar-refractivity contribution in [3.8, 4) is 0 Å². The van der Waals surface area contributed by atoms with Crippen molar-refractivity contribution in [3.05, 3.63) is 29.8 Å². The highest BCUT2D eigenvalue weighted by molar-refractivity contribution is 14.0. The van der Waals surface area contributed by atoms with Gasteiger partial charge in [0.2, 0.25) is 0 Å². The number of anilines is 1. The molecular formula is C18H33IN4S. The molecule has 2 N–H and O–H groups in total. The molecule has 0 fully saturated rings. The number of nitrogens with zero attached hydrogens (tertiary/aromatic N) is 2. The van der Waals surface area contributed by atoms with E-state index in [0.29, 0.717) is 0 Å². The Bertz CT molecular complexity index is 449. The zero-order chi connectivity index (χ0) is 16.9. The van der Waals surface area contributed by atoms with Crippen LogP contribution in [0.4, 0.5) is 5.69 Å². The fraction of sp³-hybridized carbons (Fsp3) is 0.611. The molecule has 138 valence electrons. The summed E-state index contributed by atoms with van der Waals surface area (Å²) >= 11 is 1.91. The molecule has 0 saturated heterocycles. The van der Waals surface area contributed by atoms with Gasteiger partial charge in [0.1, 0.15) is 0 Å². The maximum atomic E-state index is 4.27. The summed E-state index contributed by atoms with van der Waals surface area (Å²) in [7, 11) is 5.97. The highest BCUT2D eigenvalue weighted by Crippen LogP contribution is 2.13. The summed E-state index contributed by atoms with van der Waals surface area (Å²) in [5, 5.41) is 6.76. The third kappa shape index (κ3) is 10.3. The highest BCUT2D eigenvalue weighted by atomic mass is 127. The van der Waals surface area contributed by atoms with Crippen LogP contribution in [0, 0.1) is 0 Å². The van der Waals surface area contributed by atoms with Crippen molar-refractivity contribution < 1.29 is 0 Å². The number of thioether (sulfide) groups is 1. The van der Waals surface area contributed by atoms with Gasteiger partial charge in [-0.15, -0.1) is 24.0 Å². The predicted octanol–water partition coefficient (Wildman–Crippen LogP) is 3.61. The Labute approximate surface area is 169 Å². The molecule has 0 atom stereocenters. The van der Waals surface area contributed by atoms with Gasteiger partial charge in [-0.05, 0) is 55.4 Å².